The van der Waals surface area contributed by atoms with Crippen LogP contribution in [0.25, 0.3) is 5.82 Å². The van der Waals surface area contributed by atoms with E-state index in [9.17, 15) is 9.59 Å². The maximum atomic E-state index is 13.1. The fraction of sp³-hybridized carbons (Fsp3) is 0.550. The van der Waals surface area contributed by atoms with Crippen molar-refractivity contribution in [1.29, 1.82) is 0 Å². The molecular weight excluding hydrogens is 374 g/mol. The van der Waals surface area contributed by atoms with E-state index in [0.717, 1.165) is 24.1 Å². The highest BCUT2D eigenvalue weighted by atomic mass is 16.6. The molecule has 3 atom stereocenters. The lowest BCUT2D eigenvalue weighted by molar-refractivity contribution is -0.885. The summed E-state index contributed by atoms with van der Waals surface area (Å²) in [7, 11) is 2.88. The van der Waals surface area contributed by atoms with Crippen LogP contribution in [0, 0.1) is 11.3 Å². The molecule has 4 rings (SSSR count). The van der Waals surface area contributed by atoms with Crippen molar-refractivity contribution in [3.8, 4) is 5.82 Å². The van der Waals surface area contributed by atoms with Crippen LogP contribution in [-0.2, 0) is 16.0 Å². The minimum absolute atomic E-state index is 0.347. The number of methoxy groups -OCH3 is 1. The molecular formula is C20H26N5O4+. The van der Waals surface area contributed by atoms with Crippen LogP contribution in [0.15, 0.2) is 18.6 Å². The summed E-state index contributed by atoms with van der Waals surface area (Å²) >= 11 is 0. The minimum atomic E-state index is -0.776. The van der Waals surface area contributed by atoms with Crippen LogP contribution >= 0.6 is 0 Å². The quantitative estimate of drug-likeness (QED) is 0.583. The second-order valence-corrected chi connectivity index (χ2v) is 8.68. The van der Waals surface area contributed by atoms with Gasteiger partial charge in [-0.05, 0) is 24.2 Å². The molecule has 9 heteroatoms. The maximum absolute atomic E-state index is 13.1. The lowest BCUT2D eigenvalue weighted by Crippen LogP contribution is -2.49. The Balaban J connectivity index is 1.71. The Kier molecular flexibility index (Phi) is 4.55. The second kappa shape index (κ2) is 6.82. The van der Waals surface area contributed by atoms with Gasteiger partial charge in [0.2, 0.25) is 12.0 Å². The third-order valence-corrected chi connectivity index (χ3v) is 5.65. The number of fused-ring (bicyclic) bond motifs is 3. The van der Waals surface area contributed by atoms with Crippen molar-refractivity contribution in [2.45, 2.75) is 45.6 Å². The molecule has 2 aromatic rings. The first kappa shape index (κ1) is 19.4. The van der Waals surface area contributed by atoms with Crippen molar-refractivity contribution in [2.75, 3.05) is 14.2 Å². The number of aromatic nitrogens is 4. The summed E-state index contributed by atoms with van der Waals surface area (Å²) in [6.45, 7) is 5.64. The molecule has 0 saturated heterocycles. The van der Waals surface area contributed by atoms with Crippen LogP contribution in [0.5, 0.6) is 0 Å². The Bertz CT molecular complexity index is 978. The van der Waals surface area contributed by atoms with E-state index in [1.165, 1.54) is 11.8 Å². The van der Waals surface area contributed by atoms with Gasteiger partial charge in [0.25, 0.3) is 12.1 Å². The zero-order chi connectivity index (χ0) is 20.9. The molecule has 1 fully saturated rings. The molecule has 2 aliphatic carbocycles. The van der Waals surface area contributed by atoms with Crippen molar-refractivity contribution >= 4 is 11.9 Å². The number of hydrogen-bond donors (Lipinski definition) is 1. The van der Waals surface area contributed by atoms with Crippen LogP contribution < -0.4 is 14.9 Å². The number of esters is 1. The van der Waals surface area contributed by atoms with Gasteiger partial charge in [-0.3, -0.25) is 9.63 Å². The Morgan fingerprint density at radius 2 is 2.10 bits per heavy atom. The molecule has 9 nitrogen and oxygen atoms in total. The van der Waals surface area contributed by atoms with E-state index >= 15 is 0 Å². The normalized spacial score (nSPS) is 20.4. The van der Waals surface area contributed by atoms with Crippen LogP contribution in [0.4, 0.5) is 0 Å². The summed E-state index contributed by atoms with van der Waals surface area (Å²) in [5, 5.41) is 7.43. The Labute approximate surface area is 169 Å². The summed E-state index contributed by atoms with van der Waals surface area (Å²) in [5.74, 6) is 0.685. The van der Waals surface area contributed by atoms with Gasteiger partial charge in [0.1, 0.15) is 13.2 Å². The van der Waals surface area contributed by atoms with Gasteiger partial charge in [0, 0.05) is 16.2 Å². The van der Waals surface area contributed by atoms with Gasteiger partial charge in [0.15, 0.2) is 5.69 Å². The third-order valence-electron chi connectivity index (χ3n) is 5.65. The van der Waals surface area contributed by atoms with E-state index in [0.29, 0.717) is 23.3 Å². The Hall–Kier alpha value is -2.97. The van der Waals surface area contributed by atoms with Crippen molar-refractivity contribution in [2.24, 2.45) is 11.3 Å². The fourth-order valence-corrected chi connectivity index (χ4v) is 4.01. The Morgan fingerprint density at radius 3 is 2.76 bits per heavy atom. The predicted octanol–water partition coefficient (Wildman–Crippen LogP) is 0.590. The lowest BCUT2D eigenvalue weighted by Gasteiger charge is -2.28. The van der Waals surface area contributed by atoms with Crippen LogP contribution in [0.3, 0.4) is 0 Å². The van der Waals surface area contributed by atoms with Gasteiger partial charge in [-0.2, -0.15) is 5.10 Å². The summed E-state index contributed by atoms with van der Waals surface area (Å²) in [6, 6.07) is -0.776. The first-order chi connectivity index (χ1) is 13.7. The lowest BCUT2D eigenvalue weighted by atomic mass is 9.86. The van der Waals surface area contributed by atoms with E-state index < -0.39 is 17.4 Å². The molecule has 3 unspecified atom stereocenters. The number of rotatable bonds is 5. The molecule has 0 spiro atoms. The molecule has 0 aliphatic heterocycles. The first-order valence-electron chi connectivity index (χ1n) is 9.67. The predicted molar refractivity (Wildman–Crippen MR) is 101 cm³/mol. The van der Waals surface area contributed by atoms with Gasteiger partial charge in [-0.1, -0.05) is 20.8 Å². The average molecular weight is 400 g/mol. The smallest absolute Gasteiger partial charge is 0.328 e. The molecule has 2 aromatic heterocycles. The van der Waals surface area contributed by atoms with E-state index in [1.807, 2.05) is 20.8 Å². The van der Waals surface area contributed by atoms with E-state index in [4.69, 9.17) is 9.57 Å². The van der Waals surface area contributed by atoms with Crippen molar-refractivity contribution < 1.29 is 23.9 Å². The standard InChI is InChI=1S/C20H25N5O4/c1-20(2,3)17(19(27)28-4)22-18(26)15-13-9-11-8-12(11)16(13)25(23-15)14-10-24(29-5)7-6-21-14/h6-7,10-12,17H,8-9H2,1-5H3/p+1. The first-order valence-corrected chi connectivity index (χ1v) is 9.67. The van der Waals surface area contributed by atoms with Gasteiger partial charge in [0.05, 0.1) is 19.0 Å². The maximum Gasteiger partial charge on any atom is 0.328 e. The van der Waals surface area contributed by atoms with Crippen LogP contribution in [-0.4, -0.2) is 46.9 Å². The topological polar surface area (TPSA) is 99.2 Å². The highest BCUT2D eigenvalue weighted by molar-refractivity contribution is 5.97. The molecule has 0 radical (unpaired) electrons. The molecule has 1 amide bonds. The number of carbonyl (C=O) groups is 2. The van der Waals surface area contributed by atoms with E-state index in [2.05, 4.69) is 15.4 Å². The third kappa shape index (κ3) is 3.34. The largest absolute Gasteiger partial charge is 0.467 e. The molecule has 29 heavy (non-hydrogen) atoms. The van der Waals surface area contributed by atoms with Crippen molar-refractivity contribution in [1.82, 2.24) is 20.1 Å². The zero-order valence-corrected chi connectivity index (χ0v) is 17.3. The average Bonchev–Trinajstić information content (AvgIpc) is 3.19. The molecule has 2 heterocycles. The van der Waals surface area contributed by atoms with Crippen LogP contribution in [0.2, 0.25) is 0 Å². The summed E-state index contributed by atoms with van der Waals surface area (Å²) in [4.78, 5) is 35.0. The van der Waals surface area contributed by atoms with E-state index in [-0.39, 0.29) is 5.91 Å². The fourth-order valence-electron chi connectivity index (χ4n) is 4.01. The number of hydrogen-bond acceptors (Lipinski definition) is 6. The van der Waals surface area contributed by atoms with E-state index in [1.54, 1.807) is 30.4 Å². The SMILES string of the molecule is COC(=O)C(NC(=O)c1nn(-c2c[n+](OC)ccn2)c2c1CC1CC21)C(C)(C)C. The van der Waals surface area contributed by atoms with Gasteiger partial charge in [-0.25, -0.2) is 14.5 Å². The second-order valence-electron chi connectivity index (χ2n) is 8.68. The zero-order valence-electron chi connectivity index (χ0n) is 17.3. The molecule has 0 bridgehead atoms. The number of nitrogens with zero attached hydrogens (tertiary/aromatic N) is 4. The number of amides is 1. The molecule has 1 N–H and O–H groups in total. The number of ether oxygens (including phenoxy) is 1. The highest BCUT2D eigenvalue weighted by Crippen LogP contribution is 2.57. The van der Waals surface area contributed by atoms with Gasteiger partial charge < -0.3 is 10.1 Å². The summed E-state index contributed by atoms with van der Waals surface area (Å²) in [6.07, 6.45) is 6.95. The summed E-state index contributed by atoms with van der Waals surface area (Å²) in [5.41, 5.74) is 1.82. The van der Waals surface area contributed by atoms with Gasteiger partial charge in [-0.15, -0.1) is 0 Å². The monoisotopic (exact) mass is 400 g/mol. The molecule has 154 valence electrons. The van der Waals surface area contributed by atoms with Gasteiger partial charge >= 0.3 is 5.97 Å². The minimum Gasteiger partial charge on any atom is -0.467 e. The number of nitrogens with one attached hydrogen (secondary N) is 1. The highest BCUT2D eigenvalue weighted by Gasteiger charge is 2.50. The number of carbonyl (C=O) groups excluding carboxylic acids is 2. The van der Waals surface area contributed by atoms with Crippen molar-refractivity contribution in [3.63, 3.8) is 0 Å². The Morgan fingerprint density at radius 1 is 1.34 bits per heavy atom. The molecule has 2 aliphatic rings. The van der Waals surface area contributed by atoms with Crippen LogP contribution in [0.1, 0.15) is 54.9 Å². The van der Waals surface area contributed by atoms with Crippen molar-refractivity contribution in [3.05, 3.63) is 35.5 Å². The summed E-state index contributed by atoms with van der Waals surface area (Å²) < 4.78 is 8.15. The molecule has 1 saturated carbocycles. The molecule has 0 aromatic carbocycles.